The van der Waals surface area contributed by atoms with Gasteiger partial charge in [-0.1, -0.05) is 35.3 Å². The summed E-state index contributed by atoms with van der Waals surface area (Å²) in [5.74, 6) is 5.64. The van der Waals surface area contributed by atoms with E-state index < -0.39 is 11.8 Å². The van der Waals surface area contributed by atoms with Crippen molar-refractivity contribution in [1.82, 2.24) is 35.3 Å². The number of benzene rings is 2. The molecular formula is C38H46FN9O3S2. The van der Waals surface area contributed by atoms with Gasteiger partial charge in [-0.15, -0.1) is 21.5 Å². The Morgan fingerprint density at radius 2 is 1.81 bits per heavy atom. The first-order chi connectivity index (χ1) is 25.6. The number of halogens is 1. The highest BCUT2D eigenvalue weighted by atomic mass is 32.1. The number of hydrogen-bond acceptors (Lipinski definition) is 13. The SMILES string of the molecule is CNCCN(C)CCCCN(c1cc(C)c(Nc2nc3ccccc3s2)nn1)c1nc(C(=O)O)c(CCCOc2ccc(C#CCN(C)C)cc2F)s1. The summed E-state index contributed by atoms with van der Waals surface area (Å²) >= 11 is 2.86. The van der Waals surface area contributed by atoms with Crippen molar-refractivity contribution in [2.24, 2.45) is 0 Å². The molecule has 5 aromatic rings. The summed E-state index contributed by atoms with van der Waals surface area (Å²) in [7, 11) is 7.88. The van der Waals surface area contributed by atoms with Crippen LogP contribution in [0.2, 0.25) is 0 Å². The molecule has 0 spiro atoms. The van der Waals surface area contributed by atoms with Gasteiger partial charge in [0, 0.05) is 30.1 Å². The molecule has 0 bridgehead atoms. The number of nitrogens with zero attached hydrogens (tertiary/aromatic N) is 7. The molecule has 0 aliphatic carbocycles. The zero-order chi connectivity index (χ0) is 37.7. The van der Waals surface area contributed by atoms with Gasteiger partial charge in [0.1, 0.15) is 0 Å². The number of ether oxygens (including phenoxy) is 1. The predicted octanol–water partition coefficient (Wildman–Crippen LogP) is 6.43. The van der Waals surface area contributed by atoms with Crippen molar-refractivity contribution >= 4 is 60.8 Å². The van der Waals surface area contributed by atoms with Crippen LogP contribution in [0.3, 0.4) is 0 Å². The number of thiazole rings is 2. The first-order valence-corrected chi connectivity index (χ1v) is 19.1. The van der Waals surface area contributed by atoms with Gasteiger partial charge >= 0.3 is 5.97 Å². The molecule has 0 fully saturated rings. The maximum absolute atomic E-state index is 14.7. The second-order valence-electron chi connectivity index (χ2n) is 12.8. The van der Waals surface area contributed by atoms with E-state index in [1.165, 1.54) is 17.4 Å². The number of aryl methyl sites for hydroxylation is 2. The van der Waals surface area contributed by atoms with Gasteiger partial charge in [0.25, 0.3) is 0 Å². The van der Waals surface area contributed by atoms with Crippen LogP contribution in [0.1, 0.15) is 45.8 Å². The maximum atomic E-state index is 14.7. The molecule has 15 heteroatoms. The van der Waals surface area contributed by atoms with Crippen LogP contribution in [0.5, 0.6) is 5.75 Å². The van der Waals surface area contributed by atoms with Gasteiger partial charge in [0.15, 0.2) is 39.2 Å². The molecule has 0 unspecified atom stereocenters. The van der Waals surface area contributed by atoms with E-state index >= 15 is 0 Å². The van der Waals surface area contributed by atoms with Gasteiger partial charge in [0.2, 0.25) is 0 Å². The Hall–Kier alpha value is -4.72. The zero-order valence-electron chi connectivity index (χ0n) is 30.8. The number of unbranched alkanes of at least 4 members (excludes halogenated alkanes) is 1. The number of anilines is 4. The van der Waals surface area contributed by atoms with E-state index in [1.54, 1.807) is 23.5 Å². The average molecular weight is 760 g/mol. The van der Waals surface area contributed by atoms with Crippen molar-refractivity contribution in [3.05, 3.63) is 76.0 Å². The quantitative estimate of drug-likeness (QED) is 0.0634. The summed E-state index contributed by atoms with van der Waals surface area (Å²) in [5, 5.41) is 27.0. The van der Waals surface area contributed by atoms with Gasteiger partial charge in [-0.2, -0.15) is 0 Å². The van der Waals surface area contributed by atoms with E-state index in [0.29, 0.717) is 53.1 Å². The third-order valence-electron chi connectivity index (χ3n) is 8.17. The number of hydrogen-bond donors (Lipinski definition) is 3. The number of likely N-dealkylation sites (N-methyl/N-ethyl adjacent to an activating group) is 2. The molecule has 280 valence electrons. The number of fused-ring (bicyclic) bond motifs is 1. The standard InChI is InChI=1S/C38H46FN9O3S2/c1-26-24-33(44-45-35(26)43-37-41-29-13-6-7-14-31(29)52-37)48(21-9-8-20-47(5)22-18-40-2)38-42-34(36(49)50)32(53-38)15-11-23-51-30-17-16-27(25-28(30)39)12-10-19-46(3)4/h6-7,13-14,16-17,24-25,40H,8-9,11,15,18-23H2,1-5H3,(H,49,50)(H,41,43,45). The molecule has 5 rings (SSSR count). The fraction of sp³-hybridized carbons (Fsp3) is 0.395. The lowest BCUT2D eigenvalue weighted by molar-refractivity contribution is 0.0690. The lowest BCUT2D eigenvalue weighted by Crippen LogP contribution is -2.29. The zero-order valence-corrected chi connectivity index (χ0v) is 32.4. The third kappa shape index (κ3) is 11.4. The lowest BCUT2D eigenvalue weighted by atomic mass is 10.2. The fourth-order valence-corrected chi connectivity index (χ4v) is 7.32. The summed E-state index contributed by atoms with van der Waals surface area (Å²) < 4.78 is 21.5. The number of carboxylic acid groups (broad SMARTS) is 1. The van der Waals surface area contributed by atoms with Crippen molar-refractivity contribution in [3.63, 3.8) is 0 Å². The number of rotatable bonds is 19. The Morgan fingerprint density at radius 1 is 1.00 bits per heavy atom. The highest BCUT2D eigenvalue weighted by Gasteiger charge is 2.23. The number of aromatic nitrogens is 4. The van der Waals surface area contributed by atoms with Crippen LogP contribution in [0.25, 0.3) is 10.2 Å². The van der Waals surface area contributed by atoms with Gasteiger partial charge in [-0.3, -0.25) is 4.90 Å². The summed E-state index contributed by atoms with van der Waals surface area (Å²) in [6, 6.07) is 14.5. The van der Waals surface area contributed by atoms with Crippen molar-refractivity contribution in [3.8, 4) is 17.6 Å². The van der Waals surface area contributed by atoms with E-state index in [1.807, 2.05) is 68.2 Å². The average Bonchev–Trinajstić information content (AvgIpc) is 3.75. The van der Waals surface area contributed by atoms with Gasteiger partial charge < -0.3 is 30.3 Å². The van der Waals surface area contributed by atoms with Crippen molar-refractivity contribution < 1.29 is 19.0 Å². The van der Waals surface area contributed by atoms with Gasteiger partial charge in [-0.05, 0) is 109 Å². The molecule has 0 saturated carbocycles. The molecule has 12 nitrogen and oxygen atoms in total. The molecule has 2 aromatic carbocycles. The first kappa shape index (κ1) is 39.5. The molecule has 0 aliphatic heterocycles. The van der Waals surface area contributed by atoms with Crippen LogP contribution in [0, 0.1) is 24.6 Å². The minimum atomic E-state index is -1.11. The van der Waals surface area contributed by atoms with Crippen LogP contribution >= 0.6 is 22.7 Å². The van der Waals surface area contributed by atoms with E-state index in [-0.39, 0.29) is 18.1 Å². The number of carboxylic acids is 1. The molecule has 0 amide bonds. The summed E-state index contributed by atoms with van der Waals surface area (Å²) in [6.07, 6.45) is 2.62. The number of aromatic carboxylic acids is 1. The first-order valence-electron chi connectivity index (χ1n) is 17.5. The van der Waals surface area contributed by atoms with Gasteiger partial charge in [-0.25, -0.2) is 19.2 Å². The van der Waals surface area contributed by atoms with Crippen molar-refractivity contribution in [2.45, 2.75) is 32.6 Å². The molecule has 3 N–H and O–H groups in total. The predicted molar refractivity (Wildman–Crippen MR) is 212 cm³/mol. The minimum Gasteiger partial charge on any atom is -0.491 e. The highest BCUT2D eigenvalue weighted by Crippen LogP contribution is 2.34. The molecule has 0 saturated heterocycles. The smallest absolute Gasteiger partial charge is 0.355 e. The second kappa shape index (κ2) is 19.4. The molecule has 3 heterocycles. The Bertz CT molecular complexity index is 2010. The number of para-hydroxylation sites is 1. The number of nitrogens with one attached hydrogen (secondary N) is 2. The van der Waals surface area contributed by atoms with Crippen molar-refractivity contribution in [1.29, 1.82) is 0 Å². The monoisotopic (exact) mass is 759 g/mol. The Morgan fingerprint density at radius 3 is 2.55 bits per heavy atom. The van der Waals surface area contributed by atoms with E-state index in [9.17, 15) is 14.3 Å². The maximum Gasteiger partial charge on any atom is 0.355 e. The summed E-state index contributed by atoms with van der Waals surface area (Å²) in [6.45, 7) is 6.07. The van der Waals surface area contributed by atoms with E-state index in [2.05, 4.69) is 54.6 Å². The normalized spacial score (nSPS) is 11.2. The van der Waals surface area contributed by atoms with Crippen LogP contribution < -0.4 is 20.3 Å². The second-order valence-corrected chi connectivity index (χ2v) is 14.9. The van der Waals surface area contributed by atoms with Crippen LogP contribution in [0.15, 0.2) is 48.5 Å². The van der Waals surface area contributed by atoms with Crippen LogP contribution in [0.4, 0.5) is 26.3 Å². The van der Waals surface area contributed by atoms with E-state index in [4.69, 9.17) is 4.74 Å². The minimum absolute atomic E-state index is 0.00700. The molecule has 0 aliphatic rings. The van der Waals surface area contributed by atoms with Crippen LogP contribution in [-0.2, 0) is 6.42 Å². The van der Waals surface area contributed by atoms with E-state index in [0.717, 1.165) is 53.4 Å². The third-order valence-corrected chi connectivity index (χ3v) is 10.3. The Labute approximate surface area is 318 Å². The Balaban J connectivity index is 1.30. The molecule has 0 radical (unpaired) electrons. The molecule has 53 heavy (non-hydrogen) atoms. The molecule has 3 aromatic heterocycles. The lowest BCUT2D eigenvalue weighted by Gasteiger charge is -2.22. The fourth-order valence-electron chi connectivity index (χ4n) is 5.33. The van der Waals surface area contributed by atoms with Crippen molar-refractivity contribution in [2.75, 3.05) is 77.7 Å². The summed E-state index contributed by atoms with van der Waals surface area (Å²) in [4.78, 5) is 28.4. The molecule has 0 atom stereocenters. The topological polar surface area (TPSA) is 132 Å². The van der Waals surface area contributed by atoms with Crippen LogP contribution in [-0.4, -0.2) is 109 Å². The highest BCUT2D eigenvalue weighted by molar-refractivity contribution is 7.22. The largest absolute Gasteiger partial charge is 0.491 e. The molecular weight excluding hydrogens is 714 g/mol. The van der Waals surface area contributed by atoms with Gasteiger partial charge in [0.05, 0.1) is 23.4 Å². The summed E-state index contributed by atoms with van der Waals surface area (Å²) in [5.41, 5.74) is 2.34. The number of carbonyl (C=O) groups is 1. The Kier molecular flexibility index (Phi) is 14.4.